The van der Waals surface area contributed by atoms with Crippen molar-refractivity contribution in [2.24, 2.45) is 0 Å². The highest BCUT2D eigenvalue weighted by molar-refractivity contribution is 6.33. The number of amides is 2. The second-order valence-electron chi connectivity index (χ2n) is 5.96. The predicted molar refractivity (Wildman–Crippen MR) is 111 cm³/mol. The van der Waals surface area contributed by atoms with Gasteiger partial charge in [0.25, 0.3) is 0 Å². The summed E-state index contributed by atoms with van der Waals surface area (Å²) in [6, 6.07) is 12.4. The molecule has 144 valence electrons. The molecule has 9 heteroatoms. The number of carbonyl (C=O) groups excluding carboxylic acids is 1. The summed E-state index contributed by atoms with van der Waals surface area (Å²) < 4.78 is 0. The van der Waals surface area contributed by atoms with Gasteiger partial charge in [0.15, 0.2) is 5.82 Å². The van der Waals surface area contributed by atoms with Crippen LogP contribution in [-0.2, 0) is 0 Å². The van der Waals surface area contributed by atoms with Gasteiger partial charge in [-0.3, -0.25) is 4.98 Å². The van der Waals surface area contributed by atoms with Crippen molar-refractivity contribution >= 4 is 40.6 Å². The molecule has 0 radical (unpaired) electrons. The van der Waals surface area contributed by atoms with Gasteiger partial charge in [-0.15, -0.1) is 10.2 Å². The quantitative estimate of drug-likeness (QED) is 0.452. The number of pyridine rings is 1. The minimum absolute atomic E-state index is 0.322. The summed E-state index contributed by atoms with van der Waals surface area (Å²) in [7, 11) is 0. The van der Waals surface area contributed by atoms with E-state index in [2.05, 4.69) is 36.4 Å². The monoisotopic (exact) mass is 397 g/mol. The molecule has 0 atom stereocenters. The summed E-state index contributed by atoms with van der Waals surface area (Å²) in [5, 5.41) is 20.4. The first kappa shape index (κ1) is 19.4. The highest BCUT2D eigenvalue weighted by Crippen LogP contribution is 2.22. The minimum atomic E-state index is -0.322. The highest BCUT2D eigenvalue weighted by Gasteiger charge is 2.05. The fourth-order valence-corrected chi connectivity index (χ4v) is 2.51. The van der Waals surface area contributed by atoms with E-state index >= 15 is 0 Å². The van der Waals surface area contributed by atoms with Crippen LogP contribution in [-0.4, -0.2) is 34.3 Å². The zero-order chi connectivity index (χ0) is 19.8. The van der Waals surface area contributed by atoms with Gasteiger partial charge in [0.1, 0.15) is 5.82 Å². The molecule has 3 aromatic rings. The van der Waals surface area contributed by atoms with Crippen molar-refractivity contribution in [2.45, 2.75) is 6.92 Å². The Kier molecular flexibility index (Phi) is 6.59. The van der Waals surface area contributed by atoms with Crippen LogP contribution in [0.25, 0.3) is 0 Å². The average molecular weight is 398 g/mol. The number of aryl methyl sites for hydroxylation is 1. The normalized spacial score (nSPS) is 10.2. The van der Waals surface area contributed by atoms with Crippen molar-refractivity contribution in [3.05, 3.63) is 65.4 Å². The lowest BCUT2D eigenvalue weighted by molar-refractivity contribution is 0.252. The van der Waals surface area contributed by atoms with Crippen LogP contribution < -0.4 is 21.3 Å². The van der Waals surface area contributed by atoms with E-state index in [-0.39, 0.29) is 6.03 Å². The molecule has 3 rings (SSSR count). The Balaban J connectivity index is 1.40. The van der Waals surface area contributed by atoms with Gasteiger partial charge < -0.3 is 21.3 Å². The third-order valence-corrected chi connectivity index (χ3v) is 4.03. The number of carbonyl (C=O) groups is 1. The lowest BCUT2D eigenvalue weighted by atomic mass is 10.2. The van der Waals surface area contributed by atoms with Crippen molar-refractivity contribution in [3.8, 4) is 0 Å². The second-order valence-corrected chi connectivity index (χ2v) is 6.36. The van der Waals surface area contributed by atoms with Crippen LogP contribution >= 0.6 is 11.6 Å². The van der Waals surface area contributed by atoms with Gasteiger partial charge in [-0.05, 0) is 48.9 Å². The molecule has 0 spiro atoms. The number of benzene rings is 1. The lowest BCUT2D eigenvalue weighted by Gasteiger charge is -2.10. The molecule has 0 saturated heterocycles. The van der Waals surface area contributed by atoms with E-state index in [1.165, 1.54) is 0 Å². The molecule has 2 amide bonds. The summed E-state index contributed by atoms with van der Waals surface area (Å²) in [6.45, 7) is 2.84. The molecular weight excluding hydrogens is 378 g/mol. The standard InChI is InChI=1S/C19H20ClN7O/c1-13-2-3-15(20)16(12-13)25-19(28)23-11-10-22-17-4-5-18(27-26-17)24-14-6-8-21-9-7-14/h2-9,12H,10-11H2,1H3,(H,22,26)(H,21,24,27)(H2,23,25,28). The summed E-state index contributed by atoms with van der Waals surface area (Å²) in [6.07, 6.45) is 3.39. The van der Waals surface area contributed by atoms with Gasteiger partial charge in [0.2, 0.25) is 0 Å². The highest BCUT2D eigenvalue weighted by atomic mass is 35.5. The fraction of sp³-hybridized carbons (Fsp3) is 0.158. The number of hydrogen-bond acceptors (Lipinski definition) is 6. The van der Waals surface area contributed by atoms with Gasteiger partial charge in [0.05, 0.1) is 10.7 Å². The van der Waals surface area contributed by atoms with Crippen molar-refractivity contribution in [1.29, 1.82) is 0 Å². The predicted octanol–water partition coefficient (Wildman–Crippen LogP) is 3.81. The summed E-state index contributed by atoms with van der Waals surface area (Å²) >= 11 is 6.07. The zero-order valence-electron chi connectivity index (χ0n) is 15.2. The van der Waals surface area contributed by atoms with Crippen molar-refractivity contribution in [1.82, 2.24) is 20.5 Å². The topological polar surface area (TPSA) is 104 Å². The Morgan fingerprint density at radius 2 is 1.75 bits per heavy atom. The van der Waals surface area contributed by atoms with Gasteiger partial charge in [-0.25, -0.2) is 4.79 Å². The number of hydrogen-bond donors (Lipinski definition) is 4. The largest absolute Gasteiger partial charge is 0.367 e. The zero-order valence-corrected chi connectivity index (χ0v) is 16.0. The van der Waals surface area contributed by atoms with Crippen LogP contribution in [0.15, 0.2) is 54.9 Å². The maximum Gasteiger partial charge on any atom is 0.319 e. The van der Waals surface area contributed by atoms with E-state index in [9.17, 15) is 4.79 Å². The first-order valence-electron chi connectivity index (χ1n) is 8.66. The third-order valence-electron chi connectivity index (χ3n) is 3.70. The van der Waals surface area contributed by atoms with Crippen molar-refractivity contribution < 1.29 is 4.79 Å². The molecule has 4 N–H and O–H groups in total. The summed E-state index contributed by atoms with van der Waals surface area (Å²) in [4.78, 5) is 15.9. The Labute approximate surface area is 167 Å². The molecule has 0 aliphatic rings. The number of rotatable bonds is 7. The first-order valence-corrected chi connectivity index (χ1v) is 9.03. The average Bonchev–Trinajstić information content (AvgIpc) is 2.70. The van der Waals surface area contributed by atoms with E-state index in [4.69, 9.17) is 11.6 Å². The van der Waals surface area contributed by atoms with E-state index in [1.807, 2.05) is 43.3 Å². The number of urea groups is 1. The fourth-order valence-electron chi connectivity index (χ4n) is 2.34. The van der Waals surface area contributed by atoms with Crippen LogP contribution in [0.4, 0.5) is 27.8 Å². The number of halogens is 1. The lowest BCUT2D eigenvalue weighted by Crippen LogP contribution is -2.32. The number of anilines is 4. The molecule has 8 nitrogen and oxygen atoms in total. The molecular formula is C19H20ClN7O. The van der Waals surface area contributed by atoms with Crippen LogP contribution in [0.3, 0.4) is 0 Å². The molecule has 0 fully saturated rings. The molecule has 2 aromatic heterocycles. The van der Waals surface area contributed by atoms with E-state index < -0.39 is 0 Å². The van der Waals surface area contributed by atoms with Gasteiger partial charge in [-0.2, -0.15) is 0 Å². The van der Waals surface area contributed by atoms with Gasteiger partial charge >= 0.3 is 6.03 Å². The Morgan fingerprint density at radius 1 is 1.00 bits per heavy atom. The van der Waals surface area contributed by atoms with E-state index in [0.29, 0.717) is 35.4 Å². The first-order chi connectivity index (χ1) is 13.6. The van der Waals surface area contributed by atoms with Gasteiger partial charge in [0, 0.05) is 31.2 Å². The summed E-state index contributed by atoms with van der Waals surface area (Å²) in [5.41, 5.74) is 2.48. The molecule has 0 aliphatic carbocycles. The van der Waals surface area contributed by atoms with Crippen LogP contribution in [0.1, 0.15) is 5.56 Å². The second kappa shape index (κ2) is 9.52. The molecule has 0 bridgehead atoms. The molecule has 28 heavy (non-hydrogen) atoms. The Bertz CT molecular complexity index is 919. The minimum Gasteiger partial charge on any atom is -0.367 e. The SMILES string of the molecule is Cc1ccc(Cl)c(NC(=O)NCCNc2ccc(Nc3ccncc3)nn2)c1. The number of nitrogens with one attached hydrogen (secondary N) is 4. The molecule has 0 unspecified atom stereocenters. The molecule has 1 aromatic carbocycles. The molecule has 0 aliphatic heterocycles. The van der Waals surface area contributed by atoms with Crippen molar-refractivity contribution in [3.63, 3.8) is 0 Å². The van der Waals surface area contributed by atoms with Gasteiger partial charge in [-0.1, -0.05) is 17.7 Å². The number of aromatic nitrogens is 3. The maximum atomic E-state index is 12.0. The van der Waals surface area contributed by atoms with Crippen LogP contribution in [0.2, 0.25) is 5.02 Å². The van der Waals surface area contributed by atoms with E-state index in [1.54, 1.807) is 18.5 Å². The molecule has 0 saturated carbocycles. The maximum absolute atomic E-state index is 12.0. The smallest absolute Gasteiger partial charge is 0.319 e. The Hall–Kier alpha value is -3.39. The van der Waals surface area contributed by atoms with E-state index in [0.717, 1.165) is 11.3 Å². The van der Waals surface area contributed by atoms with Crippen molar-refractivity contribution in [2.75, 3.05) is 29.0 Å². The van der Waals surface area contributed by atoms with Crippen LogP contribution in [0, 0.1) is 6.92 Å². The third kappa shape index (κ3) is 5.82. The Morgan fingerprint density at radius 3 is 2.50 bits per heavy atom. The summed E-state index contributed by atoms with van der Waals surface area (Å²) in [5.74, 6) is 1.24. The van der Waals surface area contributed by atoms with Crippen LogP contribution in [0.5, 0.6) is 0 Å². The number of nitrogens with zero attached hydrogens (tertiary/aromatic N) is 3. The molecule has 2 heterocycles.